The van der Waals surface area contributed by atoms with Crippen LogP contribution in [0.5, 0.6) is 0 Å². The largest absolute Gasteiger partial charge is 0.389 e. The van der Waals surface area contributed by atoms with Gasteiger partial charge in [0, 0.05) is 38.3 Å². The van der Waals surface area contributed by atoms with E-state index in [1.54, 1.807) is 24.9 Å². The van der Waals surface area contributed by atoms with E-state index in [4.69, 9.17) is 0 Å². The summed E-state index contributed by atoms with van der Waals surface area (Å²) in [5.41, 5.74) is 0.907. The third kappa shape index (κ3) is 4.12. The molecular formula is C18H27FN2O3. The van der Waals surface area contributed by atoms with Gasteiger partial charge in [-0.3, -0.25) is 9.69 Å². The molecule has 1 saturated heterocycles. The Morgan fingerprint density at radius 3 is 2.42 bits per heavy atom. The number of carbonyl (C=O) groups is 1. The van der Waals surface area contributed by atoms with Crippen molar-refractivity contribution in [1.82, 2.24) is 9.80 Å². The molecule has 6 heteroatoms. The number of hydrogen-bond donors (Lipinski definition) is 2. The number of rotatable bonds is 5. The summed E-state index contributed by atoms with van der Waals surface area (Å²) >= 11 is 0. The standard InChI is InChI=1S/C18H27FN2O3/c1-11(2)15(8-21-9-16(22)17(23)10-21)20(4)18(24)13-5-6-14(19)12(3)7-13/h5-7,11,15-17,22-23H,8-10H2,1-4H3/t15?,16-,17-/m0/s1. The molecule has 2 rings (SSSR count). The summed E-state index contributed by atoms with van der Waals surface area (Å²) in [7, 11) is 1.74. The predicted octanol–water partition coefficient (Wildman–Crippen LogP) is 1.27. The van der Waals surface area contributed by atoms with Crippen LogP contribution in [0.15, 0.2) is 18.2 Å². The summed E-state index contributed by atoms with van der Waals surface area (Å²) in [4.78, 5) is 16.4. The Kier molecular flexibility index (Phi) is 5.96. The molecule has 0 bridgehead atoms. The second kappa shape index (κ2) is 7.59. The molecule has 3 atom stereocenters. The number of benzene rings is 1. The van der Waals surface area contributed by atoms with Crippen molar-refractivity contribution < 1.29 is 19.4 Å². The number of carbonyl (C=O) groups excluding carboxylic acids is 1. The average molecular weight is 338 g/mol. The zero-order valence-electron chi connectivity index (χ0n) is 14.7. The van der Waals surface area contributed by atoms with E-state index in [-0.39, 0.29) is 23.7 Å². The molecule has 1 heterocycles. The van der Waals surface area contributed by atoms with E-state index < -0.39 is 12.2 Å². The van der Waals surface area contributed by atoms with Crippen LogP contribution in [0, 0.1) is 18.7 Å². The molecule has 24 heavy (non-hydrogen) atoms. The van der Waals surface area contributed by atoms with Crippen LogP contribution in [0.4, 0.5) is 4.39 Å². The monoisotopic (exact) mass is 338 g/mol. The summed E-state index contributed by atoms with van der Waals surface area (Å²) < 4.78 is 13.4. The van der Waals surface area contributed by atoms with E-state index in [0.717, 1.165) is 0 Å². The molecule has 5 nitrogen and oxygen atoms in total. The van der Waals surface area contributed by atoms with E-state index in [0.29, 0.717) is 30.8 Å². The lowest BCUT2D eigenvalue weighted by atomic mass is 10.0. The van der Waals surface area contributed by atoms with Gasteiger partial charge in [-0.25, -0.2) is 4.39 Å². The first-order valence-electron chi connectivity index (χ1n) is 8.32. The Bertz CT molecular complexity index is 584. The van der Waals surface area contributed by atoms with Crippen LogP contribution in [0.25, 0.3) is 0 Å². The van der Waals surface area contributed by atoms with Crippen molar-refractivity contribution in [2.75, 3.05) is 26.7 Å². The number of hydrogen-bond acceptors (Lipinski definition) is 4. The highest BCUT2D eigenvalue weighted by Gasteiger charge is 2.33. The normalized spacial score (nSPS) is 22.8. The molecule has 0 aliphatic carbocycles. The molecule has 2 N–H and O–H groups in total. The number of likely N-dealkylation sites (tertiary alicyclic amines) is 1. The van der Waals surface area contributed by atoms with Gasteiger partial charge in [-0.05, 0) is 36.6 Å². The molecule has 1 amide bonds. The van der Waals surface area contributed by atoms with E-state index in [2.05, 4.69) is 0 Å². The predicted molar refractivity (Wildman–Crippen MR) is 90.3 cm³/mol. The molecule has 1 fully saturated rings. The van der Waals surface area contributed by atoms with Crippen LogP contribution < -0.4 is 0 Å². The Hall–Kier alpha value is -1.50. The number of aliphatic hydroxyl groups is 2. The van der Waals surface area contributed by atoms with E-state index in [9.17, 15) is 19.4 Å². The summed E-state index contributed by atoms with van der Waals surface area (Å²) in [5.74, 6) is -0.276. The van der Waals surface area contributed by atoms with Gasteiger partial charge in [0.15, 0.2) is 0 Å². The van der Waals surface area contributed by atoms with Crippen molar-refractivity contribution >= 4 is 5.91 Å². The van der Waals surface area contributed by atoms with E-state index in [1.165, 1.54) is 12.1 Å². The van der Waals surface area contributed by atoms with Crippen LogP contribution in [-0.2, 0) is 0 Å². The molecule has 1 aliphatic heterocycles. The van der Waals surface area contributed by atoms with Crippen molar-refractivity contribution in [3.8, 4) is 0 Å². The number of aliphatic hydroxyl groups excluding tert-OH is 2. The molecule has 134 valence electrons. The van der Waals surface area contributed by atoms with Crippen molar-refractivity contribution in [3.05, 3.63) is 35.1 Å². The van der Waals surface area contributed by atoms with Crippen LogP contribution in [0.3, 0.4) is 0 Å². The minimum absolute atomic E-state index is 0.0691. The molecular weight excluding hydrogens is 311 g/mol. The lowest BCUT2D eigenvalue weighted by Crippen LogP contribution is -2.47. The maximum absolute atomic E-state index is 13.4. The zero-order chi connectivity index (χ0) is 18.0. The quantitative estimate of drug-likeness (QED) is 0.849. The first-order valence-corrected chi connectivity index (χ1v) is 8.32. The molecule has 1 aromatic rings. The number of likely N-dealkylation sites (N-methyl/N-ethyl adjacent to an activating group) is 1. The van der Waals surface area contributed by atoms with Gasteiger partial charge in [0.05, 0.1) is 12.2 Å². The number of β-amino-alcohol motifs (C(OH)–C–C–N with tert-alkyl or cyclic N) is 2. The number of halogens is 1. The molecule has 0 radical (unpaired) electrons. The van der Waals surface area contributed by atoms with Gasteiger partial charge < -0.3 is 15.1 Å². The second-order valence-electron chi connectivity index (χ2n) is 7.04. The van der Waals surface area contributed by atoms with Crippen molar-refractivity contribution in [2.45, 2.75) is 39.0 Å². The zero-order valence-corrected chi connectivity index (χ0v) is 14.7. The van der Waals surface area contributed by atoms with Crippen molar-refractivity contribution in [3.63, 3.8) is 0 Å². The highest BCUT2D eigenvalue weighted by Crippen LogP contribution is 2.19. The minimum atomic E-state index is -0.737. The Labute approximate surface area is 142 Å². The van der Waals surface area contributed by atoms with Gasteiger partial charge in [-0.1, -0.05) is 13.8 Å². The number of amides is 1. The lowest BCUT2D eigenvalue weighted by Gasteiger charge is -2.34. The molecule has 0 aromatic heterocycles. The van der Waals surface area contributed by atoms with Gasteiger partial charge in [0.2, 0.25) is 0 Å². The van der Waals surface area contributed by atoms with Gasteiger partial charge in [0.25, 0.3) is 5.91 Å². The fourth-order valence-corrected chi connectivity index (χ4v) is 3.17. The topological polar surface area (TPSA) is 64.0 Å². The highest BCUT2D eigenvalue weighted by molar-refractivity contribution is 5.94. The van der Waals surface area contributed by atoms with Crippen molar-refractivity contribution in [2.24, 2.45) is 5.92 Å². The number of nitrogens with zero attached hydrogens (tertiary/aromatic N) is 2. The maximum atomic E-state index is 13.4. The highest BCUT2D eigenvalue weighted by atomic mass is 19.1. The van der Waals surface area contributed by atoms with Crippen LogP contribution in [0.1, 0.15) is 29.8 Å². The smallest absolute Gasteiger partial charge is 0.253 e. The summed E-state index contributed by atoms with van der Waals surface area (Å²) in [6, 6.07) is 4.31. The van der Waals surface area contributed by atoms with Crippen LogP contribution >= 0.6 is 0 Å². The first kappa shape index (κ1) is 18.8. The lowest BCUT2D eigenvalue weighted by molar-refractivity contribution is 0.0572. The molecule has 1 aromatic carbocycles. The fraction of sp³-hybridized carbons (Fsp3) is 0.611. The summed E-state index contributed by atoms with van der Waals surface area (Å²) in [6.45, 7) is 7.10. The Balaban J connectivity index is 2.11. The van der Waals surface area contributed by atoms with E-state index in [1.807, 2.05) is 18.7 Å². The van der Waals surface area contributed by atoms with Crippen LogP contribution in [-0.4, -0.2) is 70.9 Å². The van der Waals surface area contributed by atoms with Crippen molar-refractivity contribution in [1.29, 1.82) is 0 Å². The van der Waals surface area contributed by atoms with Gasteiger partial charge in [-0.15, -0.1) is 0 Å². The van der Waals surface area contributed by atoms with Gasteiger partial charge in [0.1, 0.15) is 5.82 Å². The fourth-order valence-electron chi connectivity index (χ4n) is 3.17. The summed E-state index contributed by atoms with van der Waals surface area (Å²) in [5, 5.41) is 19.4. The second-order valence-corrected chi connectivity index (χ2v) is 7.04. The van der Waals surface area contributed by atoms with E-state index >= 15 is 0 Å². The third-order valence-corrected chi connectivity index (χ3v) is 4.77. The first-order chi connectivity index (χ1) is 11.2. The SMILES string of the molecule is Cc1cc(C(=O)N(C)C(CN2C[C@H](O)[C@@H](O)C2)C(C)C)ccc1F. The Morgan fingerprint density at radius 1 is 1.33 bits per heavy atom. The number of aryl methyl sites for hydroxylation is 1. The molecule has 0 saturated carbocycles. The summed E-state index contributed by atoms with van der Waals surface area (Å²) in [6.07, 6.45) is -1.47. The maximum Gasteiger partial charge on any atom is 0.253 e. The van der Waals surface area contributed by atoms with Crippen LogP contribution in [0.2, 0.25) is 0 Å². The van der Waals surface area contributed by atoms with Gasteiger partial charge in [-0.2, -0.15) is 0 Å². The third-order valence-electron chi connectivity index (χ3n) is 4.77. The molecule has 1 aliphatic rings. The average Bonchev–Trinajstić information content (AvgIpc) is 2.84. The minimum Gasteiger partial charge on any atom is -0.389 e. The Morgan fingerprint density at radius 2 is 1.92 bits per heavy atom. The van der Waals surface area contributed by atoms with Gasteiger partial charge >= 0.3 is 0 Å². The molecule has 1 unspecified atom stereocenters. The molecule has 0 spiro atoms.